The predicted octanol–water partition coefficient (Wildman–Crippen LogP) is 3.18. The van der Waals surface area contributed by atoms with Crippen LogP contribution in [0.2, 0.25) is 0 Å². The van der Waals surface area contributed by atoms with E-state index in [4.69, 9.17) is 5.73 Å². The van der Waals surface area contributed by atoms with Gasteiger partial charge in [0.15, 0.2) is 0 Å². The molecule has 0 saturated heterocycles. The monoisotopic (exact) mass is 324 g/mol. The highest BCUT2D eigenvalue weighted by molar-refractivity contribution is 9.10. The molecule has 0 aromatic heterocycles. The van der Waals surface area contributed by atoms with Gasteiger partial charge in [-0.15, -0.1) is 0 Å². The fraction of sp³-hybridized carbons (Fsp3) is 0.533. The van der Waals surface area contributed by atoms with Crippen molar-refractivity contribution < 1.29 is 4.79 Å². The number of carbonyl (C=O) groups excluding carboxylic acids is 1. The van der Waals surface area contributed by atoms with E-state index >= 15 is 0 Å². The van der Waals surface area contributed by atoms with E-state index in [2.05, 4.69) is 15.9 Å². The van der Waals surface area contributed by atoms with Crippen LogP contribution >= 0.6 is 15.9 Å². The maximum atomic E-state index is 12.5. The highest BCUT2D eigenvalue weighted by Crippen LogP contribution is 2.30. The van der Waals surface area contributed by atoms with Crippen LogP contribution in [0.3, 0.4) is 0 Å². The predicted molar refractivity (Wildman–Crippen MR) is 82.1 cm³/mol. The lowest BCUT2D eigenvalue weighted by atomic mass is 9.81. The van der Waals surface area contributed by atoms with E-state index in [0.717, 1.165) is 42.4 Å². The first-order chi connectivity index (χ1) is 9.11. The molecule has 0 radical (unpaired) electrons. The number of rotatable bonds is 3. The van der Waals surface area contributed by atoms with Crippen molar-refractivity contribution in [2.24, 2.45) is 17.6 Å². The zero-order chi connectivity index (χ0) is 13.8. The minimum Gasteiger partial charge on any atom is -0.330 e. The van der Waals surface area contributed by atoms with E-state index in [0.29, 0.717) is 5.92 Å². The van der Waals surface area contributed by atoms with E-state index < -0.39 is 0 Å². The lowest BCUT2D eigenvalue weighted by molar-refractivity contribution is -0.123. The van der Waals surface area contributed by atoms with Crippen molar-refractivity contribution in [3.8, 4) is 0 Å². The lowest BCUT2D eigenvalue weighted by Gasteiger charge is -2.30. The molecule has 1 fully saturated rings. The van der Waals surface area contributed by atoms with Crippen LogP contribution in [0.4, 0.5) is 5.69 Å². The Kier molecular flexibility index (Phi) is 4.99. The van der Waals surface area contributed by atoms with Gasteiger partial charge in [0.05, 0.1) is 0 Å². The average molecular weight is 325 g/mol. The molecule has 2 rings (SSSR count). The molecule has 1 aromatic rings. The maximum absolute atomic E-state index is 12.5. The van der Waals surface area contributed by atoms with Crippen LogP contribution in [0.5, 0.6) is 0 Å². The third-order valence-corrected chi connectivity index (χ3v) is 4.60. The Balaban J connectivity index is 1.98. The van der Waals surface area contributed by atoms with Crippen molar-refractivity contribution in [3.05, 3.63) is 28.7 Å². The number of carbonyl (C=O) groups is 1. The molecule has 4 heteroatoms. The van der Waals surface area contributed by atoms with Crippen molar-refractivity contribution in [1.29, 1.82) is 0 Å². The van der Waals surface area contributed by atoms with E-state index in [1.54, 1.807) is 4.90 Å². The molecule has 1 aliphatic carbocycles. The van der Waals surface area contributed by atoms with Crippen LogP contribution in [-0.2, 0) is 4.79 Å². The fourth-order valence-electron chi connectivity index (χ4n) is 2.71. The molecule has 0 atom stereocenters. The minimum absolute atomic E-state index is 0.163. The zero-order valence-corrected chi connectivity index (χ0v) is 12.9. The van der Waals surface area contributed by atoms with E-state index in [9.17, 15) is 4.79 Å². The highest BCUT2D eigenvalue weighted by atomic mass is 79.9. The number of amides is 1. The smallest absolute Gasteiger partial charge is 0.229 e. The van der Waals surface area contributed by atoms with Gasteiger partial charge >= 0.3 is 0 Å². The second kappa shape index (κ2) is 6.53. The molecule has 1 saturated carbocycles. The summed E-state index contributed by atoms with van der Waals surface area (Å²) in [6.45, 7) is 0.753. The van der Waals surface area contributed by atoms with Crippen LogP contribution in [0.25, 0.3) is 0 Å². The topological polar surface area (TPSA) is 46.3 Å². The molecule has 0 aliphatic heterocycles. The second-order valence-corrected chi connectivity index (χ2v) is 6.24. The van der Waals surface area contributed by atoms with Gasteiger partial charge in [-0.05, 0) is 62.4 Å². The molecule has 19 heavy (non-hydrogen) atoms. The summed E-state index contributed by atoms with van der Waals surface area (Å²) in [4.78, 5) is 14.2. The van der Waals surface area contributed by atoms with Gasteiger partial charge < -0.3 is 10.6 Å². The summed E-state index contributed by atoms with van der Waals surface area (Å²) < 4.78 is 1.03. The van der Waals surface area contributed by atoms with Crippen molar-refractivity contribution in [3.63, 3.8) is 0 Å². The number of hydrogen-bond acceptors (Lipinski definition) is 2. The molecule has 2 N–H and O–H groups in total. The molecule has 3 nitrogen and oxygen atoms in total. The van der Waals surface area contributed by atoms with Crippen LogP contribution in [0, 0.1) is 11.8 Å². The van der Waals surface area contributed by atoms with Crippen LogP contribution in [-0.4, -0.2) is 19.5 Å². The first kappa shape index (κ1) is 14.5. The number of halogens is 1. The lowest BCUT2D eigenvalue weighted by Crippen LogP contribution is -2.35. The first-order valence-corrected chi connectivity index (χ1v) is 7.64. The van der Waals surface area contributed by atoms with Gasteiger partial charge in [0.25, 0.3) is 0 Å². The SMILES string of the molecule is CN(C(=O)C1CCC(CN)CC1)c1ccc(Br)cc1. The zero-order valence-electron chi connectivity index (χ0n) is 11.3. The normalized spacial score (nSPS) is 23.1. The number of anilines is 1. The maximum Gasteiger partial charge on any atom is 0.229 e. The Bertz CT molecular complexity index is 424. The number of nitrogens with two attached hydrogens (primary N) is 1. The van der Waals surface area contributed by atoms with Gasteiger partial charge in [-0.25, -0.2) is 0 Å². The molecule has 1 aromatic carbocycles. The molecule has 0 bridgehead atoms. The number of nitrogens with zero attached hydrogens (tertiary/aromatic N) is 1. The fourth-order valence-corrected chi connectivity index (χ4v) is 2.98. The van der Waals surface area contributed by atoms with E-state index in [1.165, 1.54) is 0 Å². The quantitative estimate of drug-likeness (QED) is 0.928. The third kappa shape index (κ3) is 3.57. The Labute approximate surface area is 123 Å². The highest BCUT2D eigenvalue weighted by Gasteiger charge is 2.28. The average Bonchev–Trinajstić information content (AvgIpc) is 2.46. The van der Waals surface area contributed by atoms with Crippen LogP contribution < -0.4 is 10.6 Å². The minimum atomic E-state index is 0.163. The molecule has 1 aliphatic rings. The summed E-state index contributed by atoms with van der Waals surface area (Å²) in [5, 5.41) is 0. The summed E-state index contributed by atoms with van der Waals surface area (Å²) in [5.41, 5.74) is 6.64. The van der Waals surface area contributed by atoms with Gasteiger partial charge in [0, 0.05) is 23.1 Å². The van der Waals surface area contributed by atoms with Gasteiger partial charge in [-0.3, -0.25) is 4.79 Å². The Morgan fingerprint density at radius 3 is 2.37 bits per heavy atom. The van der Waals surface area contributed by atoms with E-state index in [-0.39, 0.29) is 11.8 Å². The molecular weight excluding hydrogens is 304 g/mol. The summed E-state index contributed by atoms with van der Waals surface area (Å²) in [5.74, 6) is 1.01. The van der Waals surface area contributed by atoms with Crippen LogP contribution in [0.15, 0.2) is 28.7 Å². The van der Waals surface area contributed by atoms with E-state index in [1.807, 2.05) is 31.3 Å². The van der Waals surface area contributed by atoms with Gasteiger partial charge in [-0.2, -0.15) is 0 Å². The van der Waals surface area contributed by atoms with Crippen molar-refractivity contribution in [2.75, 3.05) is 18.5 Å². The first-order valence-electron chi connectivity index (χ1n) is 6.85. The van der Waals surface area contributed by atoms with Crippen molar-refractivity contribution >= 4 is 27.5 Å². The molecule has 1 amide bonds. The summed E-state index contributed by atoms with van der Waals surface area (Å²) in [6, 6.07) is 7.86. The second-order valence-electron chi connectivity index (χ2n) is 5.33. The van der Waals surface area contributed by atoms with Gasteiger partial charge in [0.2, 0.25) is 5.91 Å². The van der Waals surface area contributed by atoms with Crippen LogP contribution in [0.1, 0.15) is 25.7 Å². The third-order valence-electron chi connectivity index (χ3n) is 4.07. The molecular formula is C15H21BrN2O. The number of hydrogen-bond donors (Lipinski definition) is 1. The van der Waals surface area contributed by atoms with Crippen molar-refractivity contribution in [2.45, 2.75) is 25.7 Å². The Morgan fingerprint density at radius 1 is 1.26 bits per heavy atom. The Morgan fingerprint density at radius 2 is 1.84 bits per heavy atom. The molecule has 0 unspecified atom stereocenters. The molecule has 0 spiro atoms. The number of benzene rings is 1. The Hall–Kier alpha value is -0.870. The largest absolute Gasteiger partial charge is 0.330 e. The van der Waals surface area contributed by atoms with Crippen molar-refractivity contribution in [1.82, 2.24) is 0 Å². The molecule has 0 heterocycles. The van der Waals surface area contributed by atoms with Gasteiger partial charge in [0.1, 0.15) is 0 Å². The summed E-state index contributed by atoms with van der Waals surface area (Å²) in [6.07, 6.45) is 4.12. The molecule has 104 valence electrons. The van der Waals surface area contributed by atoms with Gasteiger partial charge in [-0.1, -0.05) is 15.9 Å². The summed E-state index contributed by atoms with van der Waals surface area (Å²) in [7, 11) is 1.86. The summed E-state index contributed by atoms with van der Waals surface area (Å²) >= 11 is 3.41. The standard InChI is InChI=1S/C15H21BrN2O/c1-18(14-8-6-13(16)7-9-14)15(19)12-4-2-11(10-17)3-5-12/h6-9,11-12H,2-5,10,17H2,1H3.